The summed E-state index contributed by atoms with van der Waals surface area (Å²) in [5.41, 5.74) is 0. The molecule has 0 aromatic rings. The molecule has 2 rings (SSSR count). The number of carbonyl (C=O) groups excluding carboxylic acids is 1. The Balaban J connectivity index is 1.88. The molecular weight excluding hydrogens is 358 g/mol. The minimum atomic E-state index is -0.202. The van der Waals surface area contributed by atoms with Crippen LogP contribution in [0.25, 0.3) is 0 Å². The molecule has 162 valence electrons. The Morgan fingerprint density at radius 2 is 1.86 bits per heavy atom. The van der Waals surface area contributed by atoms with E-state index < -0.39 is 0 Å². The summed E-state index contributed by atoms with van der Waals surface area (Å²) in [4.78, 5) is 21.0. The second-order valence-electron chi connectivity index (χ2n) is 7.78. The molecule has 0 aliphatic carbocycles. The van der Waals surface area contributed by atoms with Crippen molar-refractivity contribution >= 4 is 12.1 Å². The smallest absolute Gasteiger partial charge is 0.409 e. The Kier molecular flexibility index (Phi) is 9.84. The number of nitrogens with one attached hydrogen (secondary N) is 2. The molecule has 0 saturated carbocycles. The largest absolute Gasteiger partial charge is 0.450 e. The quantitative estimate of drug-likeness (QED) is 0.501. The molecule has 2 fully saturated rings. The van der Waals surface area contributed by atoms with Crippen LogP contribution in [0.4, 0.5) is 4.79 Å². The van der Waals surface area contributed by atoms with E-state index in [9.17, 15) is 4.79 Å². The number of carbonyl (C=O) groups is 1. The topological polar surface area (TPSA) is 78.4 Å². The summed E-state index contributed by atoms with van der Waals surface area (Å²) in [5, 5.41) is 6.93. The Morgan fingerprint density at radius 1 is 1.18 bits per heavy atom. The highest BCUT2D eigenvalue weighted by Crippen LogP contribution is 2.14. The molecule has 0 radical (unpaired) electrons. The van der Waals surface area contributed by atoms with E-state index in [2.05, 4.69) is 36.3 Å². The van der Waals surface area contributed by atoms with Gasteiger partial charge in [-0.2, -0.15) is 0 Å². The second-order valence-corrected chi connectivity index (χ2v) is 7.78. The number of ether oxygens (including phenoxy) is 2. The average molecular weight is 398 g/mol. The Morgan fingerprint density at radius 3 is 2.43 bits per heavy atom. The fraction of sp³-hybridized carbons (Fsp3) is 0.900. The van der Waals surface area contributed by atoms with Gasteiger partial charge in [0.25, 0.3) is 0 Å². The molecule has 1 unspecified atom stereocenters. The van der Waals surface area contributed by atoms with Gasteiger partial charge in [-0.3, -0.25) is 9.89 Å². The summed E-state index contributed by atoms with van der Waals surface area (Å²) in [6.45, 7) is 15.5. The molecule has 2 N–H and O–H groups in total. The van der Waals surface area contributed by atoms with Gasteiger partial charge in [0.2, 0.25) is 0 Å². The minimum Gasteiger partial charge on any atom is -0.450 e. The van der Waals surface area contributed by atoms with Gasteiger partial charge in [-0.25, -0.2) is 4.79 Å². The van der Waals surface area contributed by atoms with Crippen LogP contribution in [0.15, 0.2) is 4.99 Å². The van der Waals surface area contributed by atoms with Crippen LogP contribution in [0.2, 0.25) is 0 Å². The standard InChI is InChI=1S/C20H39N5O3/c1-5-21-19(22-15-18(16(3)4)24-11-13-27-14-12-24)23-17-7-9-25(10-8-17)20(26)28-6-2/h16-18H,5-15H2,1-4H3,(H2,21,22,23). The molecule has 0 spiro atoms. The lowest BCUT2D eigenvalue weighted by Crippen LogP contribution is -2.51. The van der Waals surface area contributed by atoms with Crippen molar-refractivity contribution in [1.82, 2.24) is 20.4 Å². The molecule has 1 atom stereocenters. The van der Waals surface area contributed by atoms with Crippen LogP contribution >= 0.6 is 0 Å². The number of hydrogen-bond acceptors (Lipinski definition) is 5. The predicted molar refractivity (Wildman–Crippen MR) is 112 cm³/mol. The number of piperidine rings is 1. The maximum Gasteiger partial charge on any atom is 0.409 e. The summed E-state index contributed by atoms with van der Waals surface area (Å²) in [6, 6.07) is 0.745. The highest BCUT2D eigenvalue weighted by molar-refractivity contribution is 5.80. The fourth-order valence-corrected chi connectivity index (χ4v) is 3.78. The van der Waals surface area contributed by atoms with E-state index in [0.717, 1.165) is 71.3 Å². The molecule has 0 aromatic carbocycles. The molecule has 2 aliphatic heterocycles. The first kappa shape index (κ1) is 22.7. The van der Waals surface area contributed by atoms with E-state index in [1.54, 1.807) is 4.90 Å². The third-order valence-electron chi connectivity index (χ3n) is 5.43. The highest BCUT2D eigenvalue weighted by Gasteiger charge is 2.25. The van der Waals surface area contributed by atoms with Crippen molar-refractivity contribution in [3.8, 4) is 0 Å². The van der Waals surface area contributed by atoms with Gasteiger partial charge in [0.15, 0.2) is 5.96 Å². The van der Waals surface area contributed by atoms with Crippen LogP contribution in [0, 0.1) is 5.92 Å². The first-order chi connectivity index (χ1) is 13.5. The summed E-state index contributed by atoms with van der Waals surface area (Å²) in [6.07, 6.45) is 1.60. The third-order valence-corrected chi connectivity index (χ3v) is 5.43. The van der Waals surface area contributed by atoms with Gasteiger partial charge in [-0.15, -0.1) is 0 Å². The van der Waals surface area contributed by atoms with Crippen LogP contribution in [-0.2, 0) is 9.47 Å². The van der Waals surface area contributed by atoms with Crippen molar-refractivity contribution in [2.24, 2.45) is 10.9 Å². The van der Waals surface area contributed by atoms with Gasteiger partial charge >= 0.3 is 6.09 Å². The van der Waals surface area contributed by atoms with Crippen molar-refractivity contribution in [2.75, 3.05) is 59.1 Å². The lowest BCUT2D eigenvalue weighted by molar-refractivity contribution is 0.00867. The van der Waals surface area contributed by atoms with Crippen molar-refractivity contribution in [1.29, 1.82) is 0 Å². The van der Waals surface area contributed by atoms with E-state index >= 15 is 0 Å². The number of rotatable bonds is 7. The lowest BCUT2D eigenvalue weighted by atomic mass is 10.0. The van der Waals surface area contributed by atoms with Gasteiger partial charge in [-0.1, -0.05) is 13.8 Å². The molecule has 8 heteroatoms. The third kappa shape index (κ3) is 7.13. The van der Waals surface area contributed by atoms with E-state index in [1.165, 1.54) is 0 Å². The zero-order valence-electron chi connectivity index (χ0n) is 18.1. The molecule has 28 heavy (non-hydrogen) atoms. The molecular formula is C20H39N5O3. The zero-order chi connectivity index (χ0) is 20.4. The maximum atomic E-state index is 11.9. The molecule has 0 aromatic heterocycles. The number of amides is 1. The molecule has 8 nitrogen and oxygen atoms in total. The van der Waals surface area contributed by atoms with Gasteiger partial charge in [-0.05, 0) is 32.6 Å². The monoisotopic (exact) mass is 397 g/mol. The fourth-order valence-electron chi connectivity index (χ4n) is 3.78. The summed E-state index contributed by atoms with van der Waals surface area (Å²) < 4.78 is 10.6. The molecule has 2 saturated heterocycles. The van der Waals surface area contributed by atoms with Crippen molar-refractivity contribution in [3.63, 3.8) is 0 Å². The molecule has 2 heterocycles. The number of hydrogen-bond donors (Lipinski definition) is 2. The van der Waals surface area contributed by atoms with Gasteiger partial charge in [0.1, 0.15) is 0 Å². The van der Waals surface area contributed by atoms with Crippen LogP contribution < -0.4 is 10.6 Å². The van der Waals surface area contributed by atoms with E-state index in [0.29, 0.717) is 24.6 Å². The van der Waals surface area contributed by atoms with Crippen LogP contribution in [-0.4, -0.2) is 93.0 Å². The van der Waals surface area contributed by atoms with Crippen LogP contribution in [0.1, 0.15) is 40.5 Å². The normalized spacial score (nSPS) is 20.9. The Hall–Kier alpha value is -1.54. The first-order valence-electron chi connectivity index (χ1n) is 10.8. The molecule has 2 aliphatic rings. The van der Waals surface area contributed by atoms with E-state index in [-0.39, 0.29) is 6.09 Å². The summed E-state index contributed by atoms with van der Waals surface area (Å²) >= 11 is 0. The van der Waals surface area contributed by atoms with Gasteiger partial charge in [0.05, 0.1) is 26.4 Å². The van der Waals surface area contributed by atoms with Gasteiger partial charge in [0, 0.05) is 44.8 Å². The van der Waals surface area contributed by atoms with Crippen LogP contribution in [0.3, 0.4) is 0 Å². The van der Waals surface area contributed by atoms with Crippen molar-refractivity contribution in [3.05, 3.63) is 0 Å². The Bertz CT molecular complexity index is 486. The molecule has 1 amide bonds. The van der Waals surface area contributed by atoms with Crippen molar-refractivity contribution in [2.45, 2.75) is 52.6 Å². The number of morpholine rings is 1. The highest BCUT2D eigenvalue weighted by atomic mass is 16.6. The number of nitrogens with zero attached hydrogens (tertiary/aromatic N) is 3. The predicted octanol–water partition coefficient (Wildman–Crippen LogP) is 1.52. The summed E-state index contributed by atoms with van der Waals surface area (Å²) in [5.74, 6) is 1.41. The number of aliphatic imine (C=N–C) groups is 1. The summed E-state index contributed by atoms with van der Waals surface area (Å²) in [7, 11) is 0. The van der Waals surface area contributed by atoms with Crippen molar-refractivity contribution < 1.29 is 14.3 Å². The van der Waals surface area contributed by atoms with Gasteiger partial charge < -0.3 is 25.0 Å². The molecule has 0 bridgehead atoms. The van der Waals surface area contributed by atoms with Crippen LogP contribution in [0.5, 0.6) is 0 Å². The van der Waals surface area contributed by atoms with E-state index in [4.69, 9.17) is 14.5 Å². The first-order valence-corrected chi connectivity index (χ1v) is 10.8. The lowest BCUT2D eigenvalue weighted by Gasteiger charge is -2.36. The minimum absolute atomic E-state index is 0.202. The SMILES string of the molecule is CCNC(=NCC(C(C)C)N1CCOCC1)NC1CCN(C(=O)OCC)CC1. The second kappa shape index (κ2) is 12.1. The Labute approximate surface area is 170 Å². The zero-order valence-corrected chi connectivity index (χ0v) is 18.1. The maximum absolute atomic E-state index is 11.9. The van der Waals surface area contributed by atoms with E-state index in [1.807, 2.05) is 6.92 Å². The number of guanidine groups is 1. The average Bonchev–Trinajstić information content (AvgIpc) is 2.69. The number of likely N-dealkylation sites (tertiary alicyclic amines) is 1.